The van der Waals surface area contributed by atoms with E-state index in [0.717, 1.165) is 10.9 Å². The fraction of sp³-hybridized carbons (Fsp3) is 0.429. The smallest absolute Gasteiger partial charge is 0.269 e. The van der Waals surface area contributed by atoms with Crippen molar-refractivity contribution >= 4 is 10.9 Å². The second-order valence-corrected chi connectivity index (χ2v) is 5.21. The number of benzene rings is 1. The number of aromatic nitrogens is 1. The number of aliphatic hydroxyl groups excluding tert-OH is 4. The van der Waals surface area contributed by atoms with Gasteiger partial charge in [0.05, 0.1) is 6.61 Å². The highest BCUT2D eigenvalue weighted by atomic mass is 16.7. The van der Waals surface area contributed by atoms with Crippen LogP contribution >= 0.6 is 0 Å². The van der Waals surface area contributed by atoms with Crippen LogP contribution in [0, 0.1) is 0 Å². The molecule has 8 heteroatoms. The molecule has 2 aromatic rings. The summed E-state index contributed by atoms with van der Waals surface area (Å²) >= 11 is 0. The topological polar surface area (TPSA) is 135 Å². The van der Waals surface area contributed by atoms with E-state index in [4.69, 9.17) is 14.6 Å². The predicted molar refractivity (Wildman–Crippen MR) is 73.9 cm³/mol. The Morgan fingerprint density at radius 3 is 2.59 bits per heavy atom. The van der Waals surface area contributed by atoms with Gasteiger partial charge < -0.3 is 40.0 Å². The van der Waals surface area contributed by atoms with Gasteiger partial charge in [-0.15, -0.1) is 0 Å². The van der Waals surface area contributed by atoms with Crippen molar-refractivity contribution in [3.8, 4) is 5.88 Å². The van der Waals surface area contributed by atoms with Crippen molar-refractivity contribution in [2.45, 2.75) is 30.4 Å². The van der Waals surface area contributed by atoms with Crippen molar-refractivity contribution < 1.29 is 35.0 Å². The summed E-state index contributed by atoms with van der Waals surface area (Å²) in [6.45, 7) is -0.663. The number of aromatic amines is 1. The number of nitrogens with one attached hydrogen (secondary N) is 1. The largest absolute Gasteiger partial charge is 0.441 e. The van der Waals surface area contributed by atoms with E-state index in [1.165, 1.54) is 0 Å². The Bertz CT molecular complexity index is 626. The number of hydrogen-bond acceptors (Lipinski definition) is 7. The van der Waals surface area contributed by atoms with Crippen LogP contribution in [-0.4, -0.2) is 67.5 Å². The molecule has 0 unspecified atom stereocenters. The Morgan fingerprint density at radius 2 is 1.91 bits per heavy atom. The number of aliphatic hydroxyl groups is 5. The first kappa shape index (κ1) is 15.2. The highest BCUT2D eigenvalue weighted by molar-refractivity contribution is 5.81. The molecular weight excluding hydrogens is 294 g/mol. The Labute approximate surface area is 125 Å². The number of H-pyrrole nitrogens is 1. The number of fused-ring (bicyclic) bond motifs is 1. The quantitative estimate of drug-likeness (QED) is 0.386. The standard InChI is InChI=1S/C14H17NO7/c16-6-9-11(17)14(20,12(18)13(19)21-9)22-10-5-7-3-1-2-4-8(7)15-10/h1-5,9,11-13,15-20H,6H2/t9-,11+,12+,13-,14-/m1/s1. The van der Waals surface area contributed by atoms with Gasteiger partial charge in [-0.2, -0.15) is 0 Å². The van der Waals surface area contributed by atoms with E-state index in [9.17, 15) is 20.4 Å². The molecule has 0 radical (unpaired) electrons. The lowest BCUT2D eigenvalue weighted by Crippen LogP contribution is -2.69. The molecule has 1 fully saturated rings. The lowest BCUT2D eigenvalue weighted by atomic mass is 9.95. The molecule has 3 rings (SSSR count). The molecule has 0 bridgehead atoms. The van der Waals surface area contributed by atoms with Crippen LogP contribution in [0.25, 0.3) is 10.9 Å². The van der Waals surface area contributed by atoms with Crippen molar-refractivity contribution in [1.82, 2.24) is 4.98 Å². The molecule has 1 aromatic heterocycles. The van der Waals surface area contributed by atoms with E-state index < -0.39 is 37.0 Å². The molecule has 22 heavy (non-hydrogen) atoms. The molecule has 120 valence electrons. The summed E-state index contributed by atoms with van der Waals surface area (Å²) in [6, 6.07) is 8.79. The van der Waals surface area contributed by atoms with E-state index >= 15 is 0 Å². The van der Waals surface area contributed by atoms with Crippen LogP contribution in [0.2, 0.25) is 0 Å². The van der Waals surface area contributed by atoms with Gasteiger partial charge in [-0.3, -0.25) is 0 Å². The van der Waals surface area contributed by atoms with Gasteiger partial charge in [0.25, 0.3) is 5.79 Å². The lowest BCUT2D eigenvalue weighted by molar-refractivity contribution is -0.372. The SMILES string of the molecule is OC[C@H]1O[C@@H](O)[C@H](O)[C@](O)(Oc2cc3ccccc3[nH]2)[C@H]1O. The van der Waals surface area contributed by atoms with Gasteiger partial charge in [0.2, 0.25) is 0 Å². The predicted octanol–water partition coefficient (Wildman–Crippen LogP) is -1.33. The highest BCUT2D eigenvalue weighted by Gasteiger charge is 2.57. The fourth-order valence-electron chi connectivity index (χ4n) is 2.52. The van der Waals surface area contributed by atoms with Crippen molar-refractivity contribution in [3.05, 3.63) is 30.3 Å². The van der Waals surface area contributed by atoms with Crippen molar-refractivity contribution in [3.63, 3.8) is 0 Å². The van der Waals surface area contributed by atoms with Crippen LogP contribution in [0.3, 0.4) is 0 Å². The molecule has 0 amide bonds. The Kier molecular flexibility index (Phi) is 3.81. The molecule has 1 aromatic carbocycles. The zero-order chi connectivity index (χ0) is 15.9. The minimum absolute atomic E-state index is 0.0904. The molecule has 0 spiro atoms. The van der Waals surface area contributed by atoms with Crippen LogP contribution in [0.4, 0.5) is 0 Å². The van der Waals surface area contributed by atoms with Gasteiger partial charge in [-0.05, 0) is 6.07 Å². The summed E-state index contributed by atoms with van der Waals surface area (Å²) in [5.41, 5.74) is 0.733. The van der Waals surface area contributed by atoms with E-state index in [1.807, 2.05) is 12.1 Å². The van der Waals surface area contributed by atoms with Crippen LogP contribution in [0.1, 0.15) is 0 Å². The maximum atomic E-state index is 10.5. The van der Waals surface area contributed by atoms with E-state index in [2.05, 4.69) is 4.98 Å². The first-order valence-electron chi connectivity index (χ1n) is 6.75. The normalized spacial score (nSPS) is 35.7. The summed E-state index contributed by atoms with van der Waals surface area (Å²) in [7, 11) is 0. The molecule has 0 aliphatic carbocycles. The first-order valence-corrected chi connectivity index (χ1v) is 6.75. The number of rotatable bonds is 3. The second kappa shape index (κ2) is 5.51. The molecule has 8 nitrogen and oxygen atoms in total. The molecule has 1 aliphatic rings. The third-order valence-corrected chi connectivity index (χ3v) is 3.74. The lowest BCUT2D eigenvalue weighted by Gasteiger charge is -2.45. The maximum absolute atomic E-state index is 10.5. The summed E-state index contributed by atoms with van der Waals surface area (Å²) < 4.78 is 10.1. The second-order valence-electron chi connectivity index (χ2n) is 5.21. The number of para-hydroxylation sites is 1. The minimum Gasteiger partial charge on any atom is -0.441 e. The summed E-state index contributed by atoms with van der Waals surface area (Å²) in [6.07, 6.45) is -6.79. The summed E-state index contributed by atoms with van der Waals surface area (Å²) in [5.74, 6) is -2.45. The average Bonchev–Trinajstić information content (AvgIpc) is 2.91. The van der Waals surface area contributed by atoms with Crippen LogP contribution < -0.4 is 4.74 Å². The Morgan fingerprint density at radius 1 is 1.18 bits per heavy atom. The molecule has 2 heterocycles. The molecule has 0 saturated carbocycles. The zero-order valence-electron chi connectivity index (χ0n) is 11.5. The van der Waals surface area contributed by atoms with Gasteiger partial charge in [0.1, 0.15) is 6.10 Å². The molecular formula is C14H17NO7. The molecule has 1 aliphatic heterocycles. The average molecular weight is 311 g/mol. The Balaban J connectivity index is 1.92. The summed E-state index contributed by atoms with van der Waals surface area (Å²) in [5, 5.41) is 50.0. The van der Waals surface area contributed by atoms with Crippen LogP contribution in [0.15, 0.2) is 30.3 Å². The molecule has 1 saturated heterocycles. The minimum atomic E-state index is -2.54. The Hall–Kier alpha value is -1.68. The van der Waals surface area contributed by atoms with Crippen LogP contribution in [0.5, 0.6) is 5.88 Å². The van der Waals surface area contributed by atoms with Gasteiger partial charge >= 0.3 is 0 Å². The first-order chi connectivity index (χ1) is 10.5. The van der Waals surface area contributed by atoms with Gasteiger partial charge in [-0.25, -0.2) is 0 Å². The fourth-order valence-corrected chi connectivity index (χ4v) is 2.52. The zero-order valence-corrected chi connectivity index (χ0v) is 11.5. The van der Waals surface area contributed by atoms with E-state index in [1.54, 1.807) is 18.2 Å². The van der Waals surface area contributed by atoms with Gasteiger partial charge in [-0.1, -0.05) is 18.2 Å². The number of hydrogen-bond donors (Lipinski definition) is 6. The van der Waals surface area contributed by atoms with E-state index in [0.29, 0.717) is 0 Å². The summed E-state index contributed by atoms with van der Waals surface area (Å²) in [4.78, 5) is 2.87. The third kappa shape index (κ3) is 2.35. The monoisotopic (exact) mass is 311 g/mol. The van der Waals surface area contributed by atoms with Gasteiger partial charge in [0, 0.05) is 17.0 Å². The van der Waals surface area contributed by atoms with Crippen molar-refractivity contribution in [2.24, 2.45) is 0 Å². The van der Waals surface area contributed by atoms with Gasteiger partial charge in [0.15, 0.2) is 24.4 Å². The highest BCUT2D eigenvalue weighted by Crippen LogP contribution is 2.32. The van der Waals surface area contributed by atoms with E-state index in [-0.39, 0.29) is 5.88 Å². The van der Waals surface area contributed by atoms with Crippen LogP contribution in [-0.2, 0) is 4.74 Å². The number of ether oxygens (including phenoxy) is 2. The van der Waals surface area contributed by atoms with Crippen molar-refractivity contribution in [1.29, 1.82) is 0 Å². The third-order valence-electron chi connectivity index (χ3n) is 3.74. The van der Waals surface area contributed by atoms with Crippen molar-refractivity contribution in [2.75, 3.05) is 6.61 Å². The molecule has 6 N–H and O–H groups in total. The molecule has 5 atom stereocenters. The maximum Gasteiger partial charge on any atom is 0.269 e.